The van der Waals surface area contributed by atoms with Crippen LogP contribution < -0.4 is 14.4 Å². The second-order valence-electron chi connectivity index (χ2n) is 5.75. The highest BCUT2D eigenvalue weighted by molar-refractivity contribution is 9.10. The Hall–Kier alpha value is -1.83. The summed E-state index contributed by atoms with van der Waals surface area (Å²) in [6.07, 6.45) is 2.79. The van der Waals surface area contributed by atoms with E-state index >= 15 is 0 Å². The van der Waals surface area contributed by atoms with Crippen LogP contribution in [0.3, 0.4) is 0 Å². The minimum absolute atomic E-state index is 0.127. The Balaban J connectivity index is 1.82. The molecule has 0 atom stereocenters. The van der Waals surface area contributed by atoms with Gasteiger partial charge in [-0.2, -0.15) is 0 Å². The second-order valence-corrected chi connectivity index (χ2v) is 8.28. The zero-order chi connectivity index (χ0) is 19.4. The quantitative estimate of drug-likeness (QED) is 0.408. The first-order chi connectivity index (χ1) is 13.0. The summed E-state index contributed by atoms with van der Waals surface area (Å²) in [5.41, 5.74) is 1.63. The van der Waals surface area contributed by atoms with E-state index < -0.39 is 0 Å². The van der Waals surface area contributed by atoms with Crippen LogP contribution in [0.2, 0.25) is 0 Å². The van der Waals surface area contributed by atoms with Crippen LogP contribution in [0.25, 0.3) is 6.08 Å². The van der Waals surface area contributed by atoms with E-state index in [1.807, 2.05) is 48.5 Å². The van der Waals surface area contributed by atoms with Gasteiger partial charge in [0.1, 0.15) is 11.5 Å². The summed E-state index contributed by atoms with van der Waals surface area (Å²) in [6, 6.07) is 13.0. The number of carbonyl (C=O) groups excluding carboxylic acids is 1. The third-order valence-electron chi connectivity index (χ3n) is 3.84. The monoisotopic (exact) mass is 463 g/mol. The molecule has 0 unspecified atom stereocenters. The van der Waals surface area contributed by atoms with Crippen LogP contribution in [0.1, 0.15) is 18.9 Å². The van der Waals surface area contributed by atoms with E-state index in [-0.39, 0.29) is 5.91 Å². The standard InChI is InChI=1S/C20H18BrNO3S2/c1-3-10-25-17-9-4-13(11-16(17)21)12-18-19(23)22(20(26)27-18)14-5-7-15(24-2)8-6-14/h4-9,11-12H,3,10H2,1-2H3/b18-12+. The normalized spacial score (nSPS) is 15.5. The number of carbonyl (C=O) groups is 1. The first-order valence-electron chi connectivity index (χ1n) is 8.38. The molecular weight excluding hydrogens is 446 g/mol. The maximum Gasteiger partial charge on any atom is 0.270 e. The molecule has 27 heavy (non-hydrogen) atoms. The minimum Gasteiger partial charge on any atom is -0.497 e. The molecule has 0 saturated carbocycles. The summed E-state index contributed by atoms with van der Waals surface area (Å²) in [5, 5.41) is 0. The second kappa shape index (κ2) is 8.91. The van der Waals surface area contributed by atoms with E-state index in [9.17, 15) is 4.79 Å². The molecule has 140 valence electrons. The number of hydrogen-bond donors (Lipinski definition) is 0. The molecule has 0 aromatic heterocycles. The number of halogens is 1. The number of hydrogen-bond acceptors (Lipinski definition) is 5. The van der Waals surface area contributed by atoms with E-state index in [2.05, 4.69) is 22.9 Å². The van der Waals surface area contributed by atoms with Crippen LogP contribution >= 0.6 is 39.9 Å². The van der Waals surface area contributed by atoms with Crippen molar-refractivity contribution in [2.75, 3.05) is 18.6 Å². The first-order valence-corrected chi connectivity index (χ1v) is 10.4. The summed E-state index contributed by atoms with van der Waals surface area (Å²) in [4.78, 5) is 15.0. The SMILES string of the molecule is CCCOc1ccc(/C=C2/SC(=S)N(c3ccc(OC)cc3)C2=O)cc1Br. The van der Waals surface area contributed by atoms with E-state index in [1.165, 1.54) is 11.8 Å². The Morgan fingerprint density at radius 1 is 1.22 bits per heavy atom. The molecule has 4 nitrogen and oxygen atoms in total. The summed E-state index contributed by atoms with van der Waals surface area (Å²) in [5.74, 6) is 1.40. The van der Waals surface area contributed by atoms with Crippen LogP contribution in [0.5, 0.6) is 11.5 Å². The number of nitrogens with zero attached hydrogens (tertiary/aromatic N) is 1. The average Bonchev–Trinajstić information content (AvgIpc) is 2.94. The summed E-state index contributed by atoms with van der Waals surface area (Å²) < 4.78 is 12.2. The van der Waals surface area contributed by atoms with Crippen LogP contribution in [0, 0.1) is 0 Å². The molecule has 0 spiro atoms. The molecule has 1 fully saturated rings. The fourth-order valence-electron chi connectivity index (χ4n) is 2.51. The van der Waals surface area contributed by atoms with Gasteiger partial charge in [0.2, 0.25) is 0 Å². The maximum absolute atomic E-state index is 12.9. The van der Waals surface area contributed by atoms with Gasteiger partial charge in [-0.3, -0.25) is 9.69 Å². The van der Waals surface area contributed by atoms with Crippen molar-refractivity contribution >= 4 is 61.9 Å². The van der Waals surface area contributed by atoms with Crippen molar-refractivity contribution in [2.24, 2.45) is 0 Å². The highest BCUT2D eigenvalue weighted by Crippen LogP contribution is 2.37. The molecule has 1 aliphatic heterocycles. The Bertz CT molecular complexity index is 897. The molecule has 7 heteroatoms. The smallest absolute Gasteiger partial charge is 0.270 e. The number of benzene rings is 2. The first kappa shape index (κ1) is 19.9. The van der Waals surface area contributed by atoms with Crippen LogP contribution in [-0.2, 0) is 4.79 Å². The van der Waals surface area contributed by atoms with Gasteiger partial charge in [0.05, 0.1) is 28.8 Å². The van der Waals surface area contributed by atoms with Crippen molar-refractivity contribution in [3.63, 3.8) is 0 Å². The van der Waals surface area contributed by atoms with E-state index in [0.717, 1.165) is 33.6 Å². The van der Waals surface area contributed by atoms with Crippen molar-refractivity contribution in [3.05, 3.63) is 57.4 Å². The van der Waals surface area contributed by atoms with Gasteiger partial charge in [0, 0.05) is 0 Å². The van der Waals surface area contributed by atoms with Crippen LogP contribution in [0.4, 0.5) is 5.69 Å². The number of methoxy groups -OCH3 is 1. The predicted octanol–water partition coefficient (Wildman–Crippen LogP) is 5.65. The Labute approximate surface area is 176 Å². The number of ether oxygens (including phenoxy) is 2. The number of amides is 1. The Morgan fingerprint density at radius 3 is 2.59 bits per heavy atom. The fourth-order valence-corrected chi connectivity index (χ4v) is 4.32. The van der Waals surface area contributed by atoms with Gasteiger partial charge >= 0.3 is 0 Å². The molecular formula is C20H18BrNO3S2. The van der Waals surface area contributed by atoms with Crippen molar-refractivity contribution in [2.45, 2.75) is 13.3 Å². The fraction of sp³-hybridized carbons (Fsp3) is 0.200. The molecule has 0 aliphatic carbocycles. The molecule has 3 rings (SSSR count). The molecule has 1 saturated heterocycles. The maximum atomic E-state index is 12.9. The number of anilines is 1. The van der Waals surface area contributed by atoms with E-state index in [4.69, 9.17) is 21.7 Å². The third kappa shape index (κ3) is 4.54. The lowest BCUT2D eigenvalue weighted by molar-refractivity contribution is -0.113. The lowest BCUT2D eigenvalue weighted by Crippen LogP contribution is -2.27. The van der Waals surface area contributed by atoms with Gasteiger partial charge in [-0.1, -0.05) is 37.0 Å². The molecule has 1 amide bonds. The molecule has 1 heterocycles. The van der Waals surface area contributed by atoms with Crippen molar-refractivity contribution in [1.29, 1.82) is 0 Å². The molecule has 0 bridgehead atoms. The Morgan fingerprint density at radius 2 is 1.96 bits per heavy atom. The van der Waals surface area contributed by atoms with Crippen molar-refractivity contribution < 1.29 is 14.3 Å². The lowest BCUT2D eigenvalue weighted by atomic mass is 10.2. The topological polar surface area (TPSA) is 38.8 Å². The van der Waals surface area contributed by atoms with Crippen LogP contribution in [0.15, 0.2) is 51.8 Å². The number of thioether (sulfide) groups is 1. The van der Waals surface area contributed by atoms with Crippen molar-refractivity contribution in [1.82, 2.24) is 0 Å². The minimum atomic E-state index is -0.127. The zero-order valence-electron chi connectivity index (χ0n) is 14.9. The summed E-state index contributed by atoms with van der Waals surface area (Å²) in [7, 11) is 1.61. The number of rotatable bonds is 6. The lowest BCUT2D eigenvalue weighted by Gasteiger charge is -2.14. The average molecular weight is 464 g/mol. The largest absolute Gasteiger partial charge is 0.497 e. The van der Waals surface area contributed by atoms with Gasteiger partial charge in [0.25, 0.3) is 5.91 Å². The highest BCUT2D eigenvalue weighted by atomic mass is 79.9. The molecule has 2 aromatic carbocycles. The van der Waals surface area contributed by atoms with Gasteiger partial charge in [0.15, 0.2) is 4.32 Å². The van der Waals surface area contributed by atoms with E-state index in [0.29, 0.717) is 15.8 Å². The molecule has 1 aliphatic rings. The molecule has 0 radical (unpaired) electrons. The molecule has 2 aromatic rings. The number of thiocarbonyl (C=S) groups is 1. The van der Waals surface area contributed by atoms with Crippen molar-refractivity contribution in [3.8, 4) is 11.5 Å². The van der Waals surface area contributed by atoms with Gasteiger partial charge in [-0.15, -0.1) is 0 Å². The predicted molar refractivity (Wildman–Crippen MR) is 119 cm³/mol. The highest BCUT2D eigenvalue weighted by Gasteiger charge is 2.33. The van der Waals surface area contributed by atoms with Gasteiger partial charge in [-0.05, 0) is 70.4 Å². The van der Waals surface area contributed by atoms with Crippen LogP contribution in [-0.4, -0.2) is 23.9 Å². The Kier molecular flexibility index (Phi) is 6.57. The van der Waals surface area contributed by atoms with E-state index in [1.54, 1.807) is 12.0 Å². The summed E-state index contributed by atoms with van der Waals surface area (Å²) in [6.45, 7) is 2.73. The third-order valence-corrected chi connectivity index (χ3v) is 5.76. The summed E-state index contributed by atoms with van der Waals surface area (Å²) >= 11 is 10.2. The molecule has 0 N–H and O–H groups in total. The zero-order valence-corrected chi connectivity index (χ0v) is 18.1. The van der Waals surface area contributed by atoms with Gasteiger partial charge < -0.3 is 9.47 Å². The van der Waals surface area contributed by atoms with Gasteiger partial charge in [-0.25, -0.2) is 0 Å².